The minimum Gasteiger partial charge on any atom is -0.326 e. The second kappa shape index (κ2) is 5.18. The van der Waals surface area contributed by atoms with Crippen LogP contribution in [0.5, 0.6) is 0 Å². The number of amides is 1. The maximum Gasteiger partial charge on any atom is 0.228 e. The number of ketones is 1. The van der Waals surface area contributed by atoms with Gasteiger partial charge in [0.05, 0.1) is 6.42 Å². The number of hydrogen-bond acceptors (Lipinski definition) is 2. The van der Waals surface area contributed by atoms with Gasteiger partial charge >= 0.3 is 0 Å². The van der Waals surface area contributed by atoms with Crippen LogP contribution in [0, 0.1) is 3.57 Å². The Balaban J connectivity index is 2.01. The van der Waals surface area contributed by atoms with Crippen LogP contribution in [0.3, 0.4) is 0 Å². The summed E-state index contributed by atoms with van der Waals surface area (Å²) < 4.78 is 0.853. The Morgan fingerprint density at radius 1 is 1.20 bits per heavy atom. The number of benzene rings is 2. The lowest BCUT2D eigenvalue weighted by Gasteiger charge is -2.06. The minimum absolute atomic E-state index is 0.0399. The lowest BCUT2D eigenvalue weighted by molar-refractivity contribution is -0.115. The minimum atomic E-state index is -0.0842. The van der Waals surface area contributed by atoms with Gasteiger partial charge in [-0.1, -0.05) is 11.6 Å². The van der Waals surface area contributed by atoms with E-state index in [4.69, 9.17) is 11.6 Å². The molecule has 0 saturated carbocycles. The predicted octanol–water partition coefficient (Wildman–Crippen LogP) is 3.67. The Kier molecular flexibility index (Phi) is 3.52. The molecule has 0 unspecified atom stereocenters. The van der Waals surface area contributed by atoms with Gasteiger partial charge in [0.1, 0.15) is 0 Å². The molecule has 3 rings (SSSR count). The molecule has 1 aliphatic heterocycles. The highest BCUT2D eigenvalue weighted by atomic mass is 127. The van der Waals surface area contributed by atoms with Gasteiger partial charge in [0.2, 0.25) is 5.91 Å². The van der Waals surface area contributed by atoms with E-state index in [2.05, 4.69) is 27.9 Å². The molecule has 2 aromatic carbocycles. The molecule has 0 bridgehead atoms. The number of fused-ring (bicyclic) bond motifs is 1. The number of halogens is 2. The standard InChI is InChI=1S/C15H9ClINO2/c16-10-2-3-12(17)11(7-10)15(20)8-1-4-13-9(5-8)6-14(19)18-13/h1-5,7H,6H2,(H,18,19). The molecule has 0 aromatic heterocycles. The van der Waals surface area contributed by atoms with Gasteiger partial charge in [-0.05, 0) is 64.6 Å². The maximum atomic E-state index is 12.5. The highest BCUT2D eigenvalue weighted by Gasteiger charge is 2.20. The molecule has 1 aliphatic rings. The molecule has 0 saturated heterocycles. The van der Waals surface area contributed by atoms with Crippen LogP contribution in [0.2, 0.25) is 5.02 Å². The zero-order valence-corrected chi connectivity index (χ0v) is 13.2. The Hall–Kier alpha value is -1.40. The predicted molar refractivity (Wildman–Crippen MR) is 86.4 cm³/mol. The molecule has 3 nitrogen and oxygen atoms in total. The number of hydrogen-bond donors (Lipinski definition) is 1. The quantitative estimate of drug-likeness (QED) is 0.621. The summed E-state index contributed by atoms with van der Waals surface area (Å²) in [6, 6.07) is 10.5. The van der Waals surface area contributed by atoms with E-state index in [0.717, 1.165) is 14.8 Å². The zero-order chi connectivity index (χ0) is 14.3. The van der Waals surface area contributed by atoms with Gasteiger partial charge in [-0.15, -0.1) is 0 Å². The normalized spacial score (nSPS) is 13.0. The van der Waals surface area contributed by atoms with Gasteiger partial charge in [0.25, 0.3) is 0 Å². The third-order valence-electron chi connectivity index (χ3n) is 3.17. The van der Waals surface area contributed by atoms with Crippen LogP contribution in [0.1, 0.15) is 21.5 Å². The van der Waals surface area contributed by atoms with Crippen LogP contribution in [0.4, 0.5) is 5.69 Å². The monoisotopic (exact) mass is 397 g/mol. The largest absolute Gasteiger partial charge is 0.326 e. The SMILES string of the molecule is O=C1Cc2cc(C(=O)c3cc(Cl)ccc3I)ccc2N1. The fraction of sp³-hybridized carbons (Fsp3) is 0.0667. The Morgan fingerprint density at radius 3 is 2.80 bits per heavy atom. The number of nitrogens with one attached hydrogen (secondary N) is 1. The van der Waals surface area contributed by atoms with Gasteiger partial charge in [-0.25, -0.2) is 0 Å². The second-order valence-corrected chi connectivity index (χ2v) is 6.15. The molecule has 1 amide bonds. The first-order valence-corrected chi connectivity index (χ1v) is 7.43. The number of rotatable bonds is 2. The summed E-state index contributed by atoms with van der Waals surface area (Å²) in [5.74, 6) is -0.124. The Labute approximate surface area is 134 Å². The third kappa shape index (κ3) is 2.45. The third-order valence-corrected chi connectivity index (χ3v) is 4.34. The first kappa shape index (κ1) is 13.6. The summed E-state index contributed by atoms with van der Waals surface area (Å²) >= 11 is 8.06. The van der Waals surface area contributed by atoms with Crippen molar-refractivity contribution in [2.75, 3.05) is 5.32 Å². The van der Waals surface area contributed by atoms with Crippen molar-refractivity contribution in [1.82, 2.24) is 0 Å². The molecular weight excluding hydrogens is 389 g/mol. The maximum absolute atomic E-state index is 12.5. The van der Waals surface area contributed by atoms with Crippen molar-refractivity contribution in [3.8, 4) is 0 Å². The van der Waals surface area contributed by atoms with Crippen molar-refractivity contribution in [2.45, 2.75) is 6.42 Å². The molecule has 0 radical (unpaired) electrons. The fourth-order valence-electron chi connectivity index (χ4n) is 2.20. The molecule has 1 N–H and O–H groups in total. The van der Waals surface area contributed by atoms with Gasteiger partial charge in [-0.2, -0.15) is 0 Å². The molecule has 0 spiro atoms. The Morgan fingerprint density at radius 2 is 2.00 bits per heavy atom. The molecule has 20 heavy (non-hydrogen) atoms. The van der Waals surface area contributed by atoms with Crippen molar-refractivity contribution in [3.05, 3.63) is 61.7 Å². The topological polar surface area (TPSA) is 46.2 Å². The molecule has 0 aliphatic carbocycles. The van der Waals surface area contributed by atoms with E-state index < -0.39 is 0 Å². The lowest BCUT2D eigenvalue weighted by Crippen LogP contribution is -2.04. The molecular formula is C15H9ClINO2. The second-order valence-electron chi connectivity index (χ2n) is 4.55. The molecule has 100 valence electrons. The number of anilines is 1. The molecule has 5 heteroatoms. The van der Waals surface area contributed by atoms with Crippen molar-refractivity contribution < 1.29 is 9.59 Å². The first-order chi connectivity index (χ1) is 9.54. The molecule has 2 aromatic rings. The van der Waals surface area contributed by atoms with Crippen LogP contribution in [-0.2, 0) is 11.2 Å². The van der Waals surface area contributed by atoms with Crippen LogP contribution >= 0.6 is 34.2 Å². The molecule has 0 atom stereocenters. The van der Waals surface area contributed by atoms with E-state index in [1.807, 2.05) is 6.07 Å². The lowest BCUT2D eigenvalue weighted by atomic mass is 10.0. The van der Waals surface area contributed by atoms with Gasteiger partial charge in [-0.3, -0.25) is 9.59 Å². The smallest absolute Gasteiger partial charge is 0.228 e. The highest BCUT2D eigenvalue weighted by Crippen LogP contribution is 2.26. The molecule has 0 fully saturated rings. The van der Waals surface area contributed by atoms with Crippen LogP contribution in [0.25, 0.3) is 0 Å². The van der Waals surface area contributed by atoms with E-state index in [1.54, 1.807) is 30.3 Å². The summed E-state index contributed by atoms with van der Waals surface area (Å²) in [7, 11) is 0. The summed E-state index contributed by atoms with van der Waals surface area (Å²) in [5.41, 5.74) is 2.79. The average Bonchev–Trinajstić information content (AvgIpc) is 2.79. The fourth-order valence-corrected chi connectivity index (χ4v) is 2.95. The van der Waals surface area contributed by atoms with E-state index >= 15 is 0 Å². The van der Waals surface area contributed by atoms with Crippen LogP contribution < -0.4 is 5.32 Å². The first-order valence-electron chi connectivity index (χ1n) is 5.97. The van der Waals surface area contributed by atoms with Crippen molar-refractivity contribution in [2.24, 2.45) is 0 Å². The van der Waals surface area contributed by atoms with Gasteiger partial charge in [0, 0.05) is 25.4 Å². The summed E-state index contributed by atoms with van der Waals surface area (Å²) in [6.07, 6.45) is 0.323. The van der Waals surface area contributed by atoms with Crippen LogP contribution in [0.15, 0.2) is 36.4 Å². The highest BCUT2D eigenvalue weighted by molar-refractivity contribution is 14.1. The van der Waals surface area contributed by atoms with Crippen LogP contribution in [-0.4, -0.2) is 11.7 Å². The van der Waals surface area contributed by atoms with Gasteiger partial charge in [0.15, 0.2) is 5.78 Å². The van der Waals surface area contributed by atoms with E-state index in [1.165, 1.54) is 0 Å². The number of carbonyl (C=O) groups excluding carboxylic acids is 2. The van der Waals surface area contributed by atoms with Crippen molar-refractivity contribution >= 4 is 51.6 Å². The van der Waals surface area contributed by atoms with E-state index in [9.17, 15) is 9.59 Å². The van der Waals surface area contributed by atoms with E-state index in [-0.39, 0.29) is 11.7 Å². The number of carbonyl (C=O) groups is 2. The molecule has 1 heterocycles. The summed E-state index contributed by atoms with van der Waals surface area (Å²) in [6.45, 7) is 0. The van der Waals surface area contributed by atoms with Gasteiger partial charge < -0.3 is 5.32 Å². The average molecular weight is 398 g/mol. The van der Waals surface area contributed by atoms with E-state index in [0.29, 0.717) is 22.6 Å². The zero-order valence-electron chi connectivity index (χ0n) is 10.2. The van der Waals surface area contributed by atoms with Crippen molar-refractivity contribution in [3.63, 3.8) is 0 Å². The summed E-state index contributed by atoms with van der Waals surface area (Å²) in [4.78, 5) is 23.9. The Bertz CT molecular complexity index is 743. The van der Waals surface area contributed by atoms with Crippen molar-refractivity contribution in [1.29, 1.82) is 0 Å². The summed E-state index contributed by atoms with van der Waals surface area (Å²) in [5, 5.41) is 3.28.